The van der Waals surface area contributed by atoms with Gasteiger partial charge in [0.2, 0.25) is 0 Å². The number of rotatable bonds is 6. The van der Waals surface area contributed by atoms with E-state index in [1.54, 1.807) is 12.2 Å². The molecule has 2 rings (SSSR count). The SMILES string of the molecule is CC(C)/C=C/c1c(O)cc(/C=C/C2=CC(=O)O[C@H]2CC(=O)O)cc1O. The molecule has 1 aromatic rings. The fourth-order valence-electron chi connectivity index (χ4n) is 2.34. The maximum atomic E-state index is 11.3. The van der Waals surface area contributed by atoms with Crippen LogP contribution < -0.4 is 0 Å². The molecule has 6 heteroatoms. The number of cyclic esters (lactones) is 1. The predicted molar refractivity (Wildman–Crippen MR) is 92.9 cm³/mol. The fourth-order valence-corrected chi connectivity index (χ4v) is 2.34. The molecule has 0 fully saturated rings. The number of carboxylic acid groups (broad SMARTS) is 1. The van der Waals surface area contributed by atoms with Crippen molar-refractivity contribution >= 4 is 24.1 Å². The molecule has 0 bridgehead atoms. The first-order valence-corrected chi connectivity index (χ1v) is 7.82. The van der Waals surface area contributed by atoms with E-state index in [9.17, 15) is 19.8 Å². The van der Waals surface area contributed by atoms with Gasteiger partial charge in [-0.3, -0.25) is 4.79 Å². The number of carboxylic acids is 1. The van der Waals surface area contributed by atoms with Gasteiger partial charge in [-0.05, 0) is 23.6 Å². The molecule has 0 saturated heterocycles. The molecule has 25 heavy (non-hydrogen) atoms. The third kappa shape index (κ3) is 4.97. The zero-order valence-electron chi connectivity index (χ0n) is 14.0. The molecule has 0 aromatic heterocycles. The minimum Gasteiger partial charge on any atom is -0.507 e. The van der Waals surface area contributed by atoms with Crippen LogP contribution in [0.4, 0.5) is 0 Å². The topological polar surface area (TPSA) is 104 Å². The van der Waals surface area contributed by atoms with E-state index in [1.165, 1.54) is 24.3 Å². The van der Waals surface area contributed by atoms with Gasteiger partial charge in [-0.25, -0.2) is 4.79 Å². The van der Waals surface area contributed by atoms with Gasteiger partial charge < -0.3 is 20.1 Å². The van der Waals surface area contributed by atoms with Gasteiger partial charge >= 0.3 is 11.9 Å². The maximum Gasteiger partial charge on any atom is 0.331 e. The lowest BCUT2D eigenvalue weighted by molar-refractivity contribution is -0.144. The minimum atomic E-state index is -1.07. The van der Waals surface area contributed by atoms with Gasteiger partial charge in [0.05, 0.1) is 12.0 Å². The van der Waals surface area contributed by atoms with Crippen LogP contribution in [0.2, 0.25) is 0 Å². The van der Waals surface area contributed by atoms with Crippen LogP contribution in [-0.4, -0.2) is 33.4 Å². The Morgan fingerprint density at radius 1 is 1.20 bits per heavy atom. The first-order valence-electron chi connectivity index (χ1n) is 7.82. The lowest BCUT2D eigenvalue weighted by Gasteiger charge is -2.09. The Morgan fingerprint density at radius 3 is 2.40 bits per heavy atom. The number of hydrogen-bond acceptors (Lipinski definition) is 5. The number of aliphatic carboxylic acids is 1. The molecule has 1 heterocycles. The molecule has 132 valence electrons. The lowest BCUT2D eigenvalue weighted by Crippen LogP contribution is -2.15. The molecule has 0 radical (unpaired) electrons. The zero-order valence-corrected chi connectivity index (χ0v) is 14.0. The largest absolute Gasteiger partial charge is 0.507 e. The van der Waals surface area contributed by atoms with Crippen LogP contribution in [0.25, 0.3) is 12.2 Å². The van der Waals surface area contributed by atoms with Crippen molar-refractivity contribution in [3.05, 3.63) is 47.1 Å². The molecule has 1 atom stereocenters. The third-order valence-corrected chi connectivity index (χ3v) is 3.55. The summed E-state index contributed by atoms with van der Waals surface area (Å²) in [6.07, 6.45) is 6.68. The van der Waals surface area contributed by atoms with Crippen LogP contribution >= 0.6 is 0 Å². The molecule has 6 nitrogen and oxygen atoms in total. The molecule has 3 N–H and O–H groups in total. The van der Waals surface area contributed by atoms with Crippen molar-refractivity contribution in [1.82, 2.24) is 0 Å². The van der Waals surface area contributed by atoms with Gasteiger partial charge in [-0.1, -0.05) is 38.2 Å². The average Bonchev–Trinajstić information content (AvgIpc) is 2.82. The Morgan fingerprint density at radius 2 is 1.84 bits per heavy atom. The summed E-state index contributed by atoms with van der Waals surface area (Å²) in [6, 6.07) is 2.95. The lowest BCUT2D eigenvalue weighted by atomic mass is 10.0. The summed E-state index contributed by atoms with van der Waals surface area (Å²) in [5.74, 6) is -1.55. The van der Waals surface area contributed by atoms with Gasteiger partial charge in [-0.2, -0.15) is 0 Å². The first kappa shape index (κ1) is 18.3. The standard InChI is InChI=1S/C19H20O6/c1-11(2)3-6-14-15(20)7-12(8-16(14)21)4-5-13-9-19(24)25-17(13)10-18(22)23/h3-9,11,17,20-21H,10H2,1-2H3,(H,22,23)/b5-4+,6-3+/t17-/m0/s1. The second kappa shape index (κ2) is 7.70. The Kier molecular flexibility index (Phi) is 5.64. The van der Waals surface area contributed by atoms with Crippen LogP contribution in [0, 0.1) is 5.92 Å². The van der Waals surface area contributed by atoms with Crippen molar-refractivity contribution in [1.29, 1.82) is 0 Å². The van der Waals surface area contributed by atoms with E-state index < -0.39 is 18.0 Å². The van der Waals surface area contributed by atoms with Crippen LogP contribution in [-0.2, 0) is 14.3 Å². The maximum absolute atomic E-state index is 11.3. The number of phenols is 2. The minimum absolute atomic E-state index is 0.0774. The van der Waals surface area contributed by atoms with Crippen molar-refractivity contribution < 1.29 is 29.6 Å². The molecule has 1 aliphatic heterocycles. The van der Waals surface area contributed by atoms with E-state index in [0.717, 1.165) is 0 Å². The summed E-state index contributed by atoms with van der Waals surface area (Å²) < 4.78 is 4.92. The average molecular weight is 344 g/mol. The molecule has 0 saturated carbocycles. The molecule has 0 spiro atoms. The van der Waals surface area contributed by atoms with E-state index in [1.807, 2.05) is 19.9 Å². The first-order chi connectivity index (χ1) is 11.8. The van der Waals surface area contributed by atoms with Crippen molar-refractivity contribution in [2.24, 2.45) is 5.92 Å². The number of benzene rings is 1. The zero-order chi connectivity index (χ0) is 18.6. The second-order valence-corrected chi connectivity index (χ2v) is 6.08. The highest BCUT2D eigenvalue weighted by Gasteiger charge is 2.26. The number of carbonyl (C=O) groups excluding carboxylic acids is 1. The number of carbonyl (C=O) groups is 2. The van der Waals surface area contributed by atoms with Gasteiger partial charge in [0.1, 0.15) is 17.6 Å². The highest BCUT2D eigenvalue weighted by Crippen LogP contribution is 2.31. The van der Waals surface area contributed by atoms with E-state index >= 15 is 0 Å². The van der Waals surface area contributed by atoms with Crippen LogP contribution in [0.3, 0.4) is 0 Å². The highest BCUT2D eigenvalue weighted by molar-refractivity contribution is 5.88. The summed E-state index contributed by atoms with van der Waals surface area (Å²) >= 11 is 0. The number of esters is 1. The third-order valence-electron chi connectivity index (χ3n) is 3.55. The van der Waals surface area contributed by atoms with Gasteiger partial charge in [0, 0.05) is 11.6 Å². The van der Waals surface area contributed by atoms with Gasteiger partial charge in [-0.15, -0.1) is 0 Å². The Bertz CT molecular complexity index is 747. The summed E-state index contributed by atoms with van der Waals surface area (Å²) in [6.45, 7) is 3.96. The van der Waals surface area contributed by atoms with Crippen LogP contribution in [0.5, 0.6) is 11.5 Å². The molecule has 0 unspecified atom stereocenters. The number of allylic oxidation sites excluding steroid dienone is 1. The molecule has 0 amide bonds. The number of hydrogen-bond donors (Lipinski definition) is 3. The molecular weight excluding hydrogens is 324 g/mol. The van der Waals surface area contributed by atoms with Crippen molar-refractivity contribution in [2.75, 3.05) is 0 Å². The van der Waals surface area contributed by atoms with Gasteiger partial charge in [0.15, 0.2) is 0 Å². The van der Waals surface area contributed by atoms with E-state index in [0.29, 0.717) is 16.7 Å². The number of phenolic OH excluding ortho intramolecular Hbond substituents is 2. The number of aromatic hydroxyl groups is 2. The fraction of sp³-hybridized carbons (Fsp3) is 0.263. The molecule has 1 aromatic carbocycles. The highest BCUT2D eigenvalue weighted by atomic mass is 16.5. The Hall–Kier alpha value is -3.02. The van der Waals surface area contributed by atoms with E-state index in [2.05, 4.69) is 0 Å². The second-order valence-electron chi connectivity index (χ2n) is 6.08. The van der Waals surface area contributed by atoms with E-state index in [-0.39, 0.29) is 23.8 Å². The Labute approximate surface area is 145 Å². The summed E-state index contributed by atoms with van der Waals surface area (Å²) in [5, 5.41) is 29.0. The predicted octanol–water partition coefficient (Wildman–Crippen LogP) is 3.11. The van der Waals surface area contributed by atoms with Crippen molar-refractivity contribution in [2.45, 2.75) is 26.4 Å². The van der Waals surface area contributed by atoms with Crippen molar-refractivity contribution in [3.8, 4) is 11.5 Å². The molecule has 0 aliphatic carbocycles. The van der Waals surface area contributed by atoms with Crippen LogP contribution in [0.1, 0.15) is 31.4 Å². The summed E-state index contributed by atoms with van der Waals surface area (Å²) in [7, 11) is 0. The monoisotopic (exact) mass is 344 g/mol. The Balaban J connectivity index is 2.22. The quantitative estimate of drug-likeness (QED) is 0.685. The molecular formula is C19H20O6. The van der Waals surface area contributed by atoms with Crippen LogP contribution in [0.15, 0.2) is 35.9 Å². The number of ether oxygens (including phenoxy) is 1. The molecule has 1 aliphatic rings. The normalized spacial score (nSPS) is 17.5. The van der Waals surface area contributed by atoms with E-state index in [4.69, 9.17) is 9.84 Å². The van der Waals surface area contributed by atoms with Gasteiger partial charge in [0.25, 0.3) is 0 Å². The summed E-state index contributed by atoms with van der Waals surface area (Å²) in [5.41, 5.74) is 1.26. The smallest absolute Gasteiger partial charge is 0.331 e. The summed E-state index contributed by atoms with van der Waals surface area (Å²) in [4.78, 5) is 22.1. The van der Waals surface area contributed by atoms with Crippen molar-refractivity contribution in [3.63, 3.8) is 0 Å².